The average Bonchev–Trinajstić information content (AvgIpc) is 2.68. The number of nitrogens with zero attached hydrogens (tertiary/aromatic N) is 2. The summed E-state index contributed by atoms with van der Waals surface area (Å²) in [4.78, 5) is 18.6. The van der Waals surface area contributed by atoms with Crippen LogP contribution in [0.3, 0.4) is 0 Å². The van der Waals surface area contributed by atoms with E-state index in [1.54, 1.807) is 18.3 Å². The zero-order chi connectivity index (χ0) is 19.1. The fourth-order valence-electron chi connectivity index (χ4n) is 3.00. The number of pyridine rings is 1. The first kappa shape index (κ1) is 18.9. The van der Waals surface area contributed by atoms with E-state index in [0.29, 0.717) is 6.54 Å². The van der Waals surface area contributed by atoms with E-state index in [-0.39, 0.29) is 17.8 Å². The fraction of sp³-hybridized carbons (Fsp3) is 0.368. The van der Waals surface area contributed by atoms with Gasteiger partial charge in [0.15, 0.2) is 0 Å². The van der Waals surface area contributed by atoms with Crippen LogP contribution in [-0.4, -0.2) is 36.8 Å². The number of hydrogen-bond donors (Lipinski definition) is 2. The Labute approximate surface area is 156 Å². The van der Waals surface area contributed by atoms with Crippen molar-refractivity contribution in [1.82, 2.24) is 15.6 Å². The second-order valence-corrected chi connectivity index (χ2v) is 6.30. The summed E-state index contributed by atoms with van der Waals surface area (Å²) in [5, 5.41) is 5.76. The first-order chi connectivity index (χ1) is 13.1. The van der Waals surface area contributed by atoms with E-state index in [4.69, 9.17) is 0 Å². The molecule has 0 atom stereocenters. The maximum atomic E-state index is 12.1. The highest BCUT2D eigenvalue weighted by Gasteiger charge is 2.21. The average molecular weight is 376 g/mol. The highest BCUT2D eigenvalue weighted by Crippen LogP contribution is 2.17. The molecule has 1 saturated heterocycles. The van der Waals surface area contributed by atoms with Crippen molar-refractivity contribution in [2.75, 3.05) is 18.0 Å². The molecule has 144 valence electrons. The van der Waals surface area contributed by atoms with E-state index in [1.807, 2.05) is 18.2 Å². The van der Waals surface area contributed by atoms with Crippen molar-refractivity contribution in [3.05, 3.63) is 54.2 Å². The van der Waals surface area contributed by atoms with Gasteiger partial charge in [-0.05, 0) is 42.7 Å². The third kappa shape index (κ3) is 5.80. The van der Waals surface area contributed by atoms with Gasteiger partial charge in [-0.3, -0.25) is 0 Å². The number of halogens is 2. The van der Waals surface area contributed by atoms with Gasteiger partial charge in [0.25, 0.3) is 0 Å². The molecule has 8 heteroatoms. The monoisotopic (exact) mass is 376 g/mol. The highest BCUT2D eigenvalue weighted by atomic mass is 19.3. The molecule has 2 aromatic rings. The predicted molar refractivity (Wildman–Crippen MR) is 97.9 cm³/mol. The summed E-state index contributed by atoms with van der Waals surface area (Å²) in [6.07, 6.45) is 3.48. The van der Waals surface area contributed by atoms with Crippen molar-refractivity contribution < 1.29 is 18.3 Å². The largest absolute Gasteiger partial charge is 0.435 e. The van der Waals surface area contributed by atoms with E-state index in [1.165, 1.54) is 12.1 Å². The topological polar surface area (TPSA) is 66.5 Å². The molecule has 1 aliphatic rings. The van der Waals surface area contributed by atoms with Gasteiger partial charge in [0.1, 0.15) is 11.6 Å². The quantitative estimate of drug-likeness (QED) is 0.813. The lowest BCUT2D eigenvalue weighted by molar-refractivity contribution is -0.0498. The molecule has 0 spiro atoms. The number of rotatable bonds is 6. The number of anilines is 1. The summed E-state index contributed by atoms with van der Waals surface area (Å²) in [6.45, 7) is -0.849. The normalized spacial score (nSPS) is 14.9. The standard InChI is InChI=1S/C19H22F2N4O2/c20-18(21)27-16-6-4-14(5-7-16)13-23-19(26)24-15-8-11-25(12-9-15)17-3-1-2-10-22-17/h1-7,10,15,18H,8-9,11-13H2,(H2,23,24,26). The zero-order valence-electron chi connectivity index (χ0n) is 14.8. The Morgan fingerprint density at radius 3 is 2.56 bits per heavy atom. The lowest BCUT2D eigenvalue weighted by Crippen LogP contribution is -2.47. The molecular weight excluding hydrogens is 354 g/mol. The predicted octanol–water partition coefficient (Wildman–Crippen LogP) is 3.15. The number of ether oxygens (including phenoxy) is 1. The van der Waals surface area contributed by atoms with Crippen LogP contribution in [0.25, 0.3) is 0 Å². The second-order valence-electron chi connectivity index (χ2n) is 6.30. The SMILES string of the molecule is O=C(NCc1ccc(OC(F)F)cc1)NC1CCN(c2ccccn2)CC1. The van der Waals surface area contributed by atoms with Gasteiger partial charge in [-0.25, -0.2) is 9.78 Å². The van der Waals surface area contributed by atoms with E-state index in [0.717, 1.165) is 37.3 Å². The number of amides is 2. The smallest absolute Gasteiger partial charge is 0.387 e. The van der Waals surface area contributed by atoms with Crippen molar-refractivity contribution in [2.45, 2.75) is 32.0 Å². The van der Waals surface area contributed by atoms with Crippen molar-refractivity contribution in [3.8, 4) is 5.75 Å². The van der Waals surface area contributed by atoms with Crippen LogP contribution in [0.2, 0.25) is 0 Å². The van der Waals surface area contributed by atoms with Gasteiger partial charge in [-0.2, -0.15) is 8.78 Å². The summed E-state index contributed by atoms with van der Waals surface area (Å²) in [7, 11) is 0. The Morgan fingerprint density at radius 2 is 1.93 bits per heavy atom. The molecule has 1 fully saturated rings. The first-order valence-electron chi connectivity index (χ1n) is 8.84. The van der Waals surface area contributed by atoms with Gasteiger partial charge in [0.2, 0.25) is 0 Å². The van der Waals surface area contributed by atoms with Crippen molar-refractivity contribution in [1.29, 1.82) is 0 Å². The Bertz CT molecular complexity index is 720. The number of piperidine rings is 1. The third-order valence-electron chi connectivity index (χ3n) is 4.41. The summed E-state index contributed by atoms with van der Waals surface area (Å²) in [5.41, 5.74) is 0.803. The molecule has 0 unspecified atom stereocenters. The molecular formula is C19H22F2N4O2. The van der Waals surface area contributed by atoms with E-state index in [2.05, 4.69) is 25.3 Å². The molecule has 2 N–H and O–H groups in total. The number of alkyl halides is 2. The Balaban J connectivity index is 1.39. The van der Waals surface area contributed by atoms with Gasteiger partial charge in [0.05, 0.1) is 0 Å². The van der Waals surface area contributed by atoms with Gasteiger partial charge in [-0.1, -0.05) is 18.2 Å². The highest BCUT2D eigenvalue weighted by molar-refractivity contribution is 5.74. The number of aromatic nitrogens is 1. The van der Waals surface area contributed by atoms with Gasteiger partial charge >= 0.3 is 12.6 Å². The van der Waals surface area contributed by atoms with Crippen LogP contribution in [0.5, 0.6) is 5.75 Å². The van der Waals surface area contributed by atoms with Crippen LogP contribution < -0.4 is 20.3 Å². The summed E-state index contributed by atoms with van der Waals surface area (Å²) >= 11 is 0. The minimum atomic E-state index is -2.84. The van der Waals surface area contributed by atoms with Gasteiger partial charge < -0.3 is 20.3 Å². The number of carbonyl (C=O) groups is 1. The number of carbonyl (C=O) groups excluding carboxylic acids is 1. The minimum Gasteiger partial charge on any atom is -0.435 e. The minimum absolute atomic E-state index is 0.0952. The van der Waals surface area contributed by atoms with Crippen molar-refractivity contribution in [2.24, 2.45) is 0 Å². The number of nitrogens with one attached hydrogen (secondary N) is 2. The van der Waals surface area contributed by atoms with Crippen LogP contribution in [0.4, 0.5) is 19.4 Å². The van der Waals surface area contributed by atoms with Crippen molar-refractivity contribution >= 4 is 11.8 Å². The molecule has 2 amide bonds. The fourth-order valence-corrected chi connectivity index (χ4v) is 3.00. The van der Waals surface area contributed by atoms with Crippen LogP contribution in [0.15, 0.2) is 48.7 Å². The van der Waals surface area contributed by atoms with E-state index < -0.39 is 6.61 Å². The van der Waals surface area contributed by atoms with Gasteiger partial charge in [0, 0.05) is 31.9 Å². The molecule has 3 rings (SSSR count). The maximum absolute atomic E-state index is 12.1. The molecule has 0 bridgehead atoms. The molecule has 27 heavy (non-hydrogen) atoms. The first-order valence-corrected chi connectivity index (χ1v) is 8.84. The molecule has 0 aliphatic carbocycles. The van der Waals surface area contributed by atoms with Crippen molar-refractivity contribution in [3.63, 3.8) is 0 Å². The summed E-state index contributed by atoms with van der Waals surface area (Å²) in [5.74, 6) is 1.05. The molecule has 6 nitrogen and oxygen atoms in total. The summed E-state index contributed by atoms with van der Waals surface area (Å²) < 4.78 is 28.5. The molecule has 1 aromatic carbocycles. The molecule has 0 radical (unpaired) electrons. The Kier molecular flexibility index (Phi) is 6.40. The number of hydrogen-bond acceptors (Lipinski definition) is 4. The molecule has 2 heterocycles. The zero-order valence-corrected chi connectivity index (χ0v) is 14.8. The lowest BCUT2D eigenvalue weighted by atomic mass is 10.1. The van der Waals surface area contributed by atoms with Crippen LogP contribution >= 0.6 is 0 Å². The summed E-state index contributed by atoms with van der Waals surface area (Å²) in [6, 6.07) is 11.9. The Hall–Kier alpha value is -2.90. The van der Waals surface area contributed by atoms with Crippen LogP contribution in [-0.2, 0) is 6.54 Å². The lowest BCUT2D eigenvalue weighted by Gasteiger charge is -2.33. The number of urea groups is 1. The molecule has 1 aromatic heterocycles. The van der Waals surface area contributed by atoms with E-state index >= 15 is 0 Å². The number of benzene rings is 1. The van der Waals surface area contributed by atoms with Crippen LogP contribution in [0, 0.1) is 0 Å². The third-order valence-corrected chi connectivity index (χ3v) is 4.41. The maximum Gasteiger partial charge on any atom is 0.387 e. The Morgan fingerprint density at radius 1 is 1.19 bits per heavy atom. The molecule has 1 aliphatic heterocycles. The molecule has 0 saturated carbocycles. The second kappa shape index (κ2) is 9.16. The van der Waals surface area contributed by atoms with Crippen LogP contribution in [0.1, 0.15) is 18.4 Å². The van der Waals surface area contributed by atoms with E-state index in [9.17, 15) is 13.6 Å². The van der Waals surface area contributed by atoms with Gasteiger partial charge in [-0.15, -0.1) is 0 Å².